The van der Waals surface area contributed by atoms with E-state index in [0.717, 1.165) is 31.6 Å². The number of rotatable bonds is 2. The summed E-state index contributed by atoms with van der Waals surface area (Å²) in [6, 6.07) is 1.83. The van der Waals surface area contributed by atoms with Gasteiger partial charge in [-0.2, -0.15) is 0 Å². The lowest BCUT2D eigenvalue weighted by Crippen LogP contribution is -2.23. The number of nitrogens with one attached hydrogen (secondary N) is 1. The Kier molecular flexibility index (Phi) is 2.45. The third-order valence-corrected chi connectivity index (χ3v) is 2.47. The van der Waals surface area contributed by atoms with E-state index in [1.165, 1.54) is 0 Å². The largest absolute Gasteiger partial charge is 0.381 e. The first kappa shape index (κ1) is 8.51. The monoisotopic (exact) mass is 179 g/mol. The highest BCUT2D eigenvalue weighted by molar-refractivity contribution is 5.97. The summed E-state index contributed by atoms with van der Waals surface area (Å²) in [6.45, 7) is 1.45. The first-order valence-corrected chi connectivity index (χ1v) is 4.62. The second-order valence-corrected chi connectivity index (χ2v) is 3.35. The van der Waals surface area contributed by atoms with Gasteiger partial charge in [-0.1, -0.05) is 0 Å². The summed E-state index contributed by atoms with van der Waals surface area (Å²) in [4.78, 5) is 14.7. The van der Waals surface area contributed by atoms with E-state index in [1.54, 1.807) is 12.4 Å². The third kappa shape index (κ3) is 1.80. The molecule has 0 radical (unpaired) electrons. The minimum absolute atomic E-state index is 0.171. The molecule has 1 aromatic rings. The predicted octanol–water partition coefficient (Wildman–Crippen LogP) is 1.62. The molecule has 70 valence electrons. The van der Waals surface area contributed by atoms with Crippen LogP contribution in [-0.2, 0) is 4.74 Å². The third-order valence-electron chi connectivity index (χ3n) is 2.47. The van der Waals surface area contributed by atoms with Gasteiger partial charge in [0.25, 0.3) is 0 Å². The zero-order valence-corrected chi connectivity index (χ0v) is 7.45. The van der Waals surface area contributed by atoms with Gasteiger partial charge in [-0.3, -0.25) is 4.79 Å². The van der Waals surface area contributed by atoms with Crippen molar-refractivity contribution in [2.75, 3.05) is 13.2 Å². The summed E-state index contributed by atoms with van der Waals surface area (Å²) in [5.74, 6) is 0.425. The van der Waals surface area contributed by atoms with Gasteiger partial charge in [0.05, 0.1) is 0 Å². The quantitative estimate of drug-likeness (QED) is 0.701. The predicted molar refractivity (Wildman–Crippen MR) is 48.7 cm³/mol. The first-order valence-electron chi connectivity index (χ1n) is 4.62. The Balaban J connectivity index is 2.04. The van der Waals surface area contributed by atoms with Crippen LogP contribution in [0.2, 0.25) is 0 Å². The Hall–Kier alpha value is -1.09. The Bertz CT molecular complexity index is 273. The molecule has 3 nitrogen and oxygen atoms in total. The maximum atomic E-state index is 11.8. The van der Waals surface area contributed by atoms with E-state index in [4.69, 9.17) is 4.74 Å². The number of aromatic amines is 1. The number of carbonyl (C=O) groups excluding carboxylic acids is 1. The maximum Gasteiger partial charge on any atom is 0.167 e. The molecule has 2 heterocycles. The molecule has 13 heavy (non-hydrogen) atoms. The van der Waals surface area contributed by atoms with Crippen LogP contribution in [0.4, 0.5) is 0 Å². The van der Waals surface area contributed by atoms with Gasteiger partial charge in [-0.05, 0) is 18.9 Å². The van der Waals surface area contributed by atoms with Gasteiger partial charge in [0.15, 0.2) is 5.78 Å². The normalized spacial score (nSPS) is 18.8. The summed E-state index contributed by atoms with van der Waals surface area (Å²) in [7, 11) is 0. The van der Waals surface area contributed by atoms with Crippen molar-refractivity contribution >= 4 is 5.78 Å². The number of hydrogen-bond acceptors (Lipinski definition) is 2. The van der Waals surface area contributed by atoms with Crippen molar-refractivity contribution in [1.82, 2.24) is 4.98 Å². The minimum Gasteiger partial charge on any atom is -0.381 e. The number of Topliss-reactive ketones (excluding diaryl/α,β-unsaturated/α-hetero) is 1. The summed E-state index contributed by atoms with van der Waals surface area (Å²) < 4.78 is 5.21. The molecule has 1 N–H and O–H groups in total. The van der Waals surface area contributed by atoms with Crippen LogP contribution in [0.15, 0.2) is 18.5 Å². The standard InChI is InChI=1S/C10H13NO2/c12-10(9-1-4-11-7-9)8-2-5-13-6-3-8/h1,4,7-8,11H,2-3,5-6H2. The molecule has 0 amide bonds. The van der Waals surface area contributed by atoms with E-state index in [9.17, 15) is 4.79 Å². The molecular formula is C10H13NO2. The van der Waals surface area contributed by atoms with E-state index in [0.29, 0.717) is 0 Å². The van der Waals surface area contributed by atoms with Crippen molar-refractivity contribution in [1.29, 1.82) is 0 Å². The fourth-order valence-corrected chi connectivity index (χ4v) is 1.67. The molecule has 0 aliphatic carbocycles. The summed E-state index contributed by atoms with van der Waals surface area (Å²) in [6.07, 6.45) is 5.28. The smallest absolute Gasteiger partial charge is 0.167 e. The highest BCUT2D eigenvalue weighted by Gasteiger charge is 2.22. The lowest BCUT2D eigenvalue weighted by Gasteiger charge is -2.20. The van der Waals surface area contributed by atoms with Crippen molar-refractivity contribution in [2.24, 2.45) is 5.92 Å². The van der Waals surface area contributed by atoms with Crippen molar-refractivity contribution in [3.8, 4) is 0 Å². The molecule has 0 bridgehead atoms. The van der Waals surface area contributed by atoms with Gasteiger partial charge < -0.3 is 9.72 Å². The Labute approximate surface area is 77.1 Å². The number of aromatic nitrogens is 1. The highest BCUT2D eigenvalue weighted by Crippen LogP contribution is 2.19. The minimum atomic E-state index is 0.171. The summed E-state index contributed by atoms with van der Waals surface area (Å²) in [5, 5.41) is 0. The van der Waals surface area contributed by atoms with Gasteiger partial charge in [0.2, 0.25) is 0 Å². The van der Waals surface area contributed by atoms with Crippen molar-refractivity contribution in [3.63, 3.8) is 0 Å². The molecular weight excluding hydrogens is 166 g/mol. The van der Waals surface area contributed by atoms with Crippen LogP contribution in [0, 0.1) is 5.92 Å². The molecule has 0 atom stereocenters. The molecule has 1 aliphatic heterocycles. The molecule has 2 rings (SSSR count). The SMILES string of the molecule is O=C(c1cc[nH]c1)C1CCOCC1. The van der Waals surface area contributed by atoms with E-state index < -0.39 is 0 Å². The average molecular weight is 179 g/mol. The van der Waals surface area contributed by atoms with Crippen LogP contribution in [-0.4, -0.2) is 24.0 Å². The van der Waals surface area contributed by atoms with E-state index >= 15 is 0 Å². The van der Waals surface area contributed by atoms with E-state index in [-0.39, 0.29) is 11.7 Å². The fraction of sp³-hybridized carbons (Fsp3) is 0.500. The average Bonchev–Trinajstić information content (AvgIpc) is 2.71. The van der Waals surface area contributed by atoms with Gasteiger partial charge in [-0.25, -0.2) is 0 Å². The molecule has 1 saturated heterocycles. The molecule has 0 saturated carbocycles. The van der Waals surface area contributed by atoms with Crippen molar-refractivity contribution in [3.05, 3.63) is 24.0 Å². The van der Waals surface area contributed by atoms with Gasteiger partial charge in [-0.15, -0.1) is 0 Å². The number of H-pyrrole nitrogens is 1. The Morgan fingerprint density at radius 3 is 2.85 bits per heavy atom. The molecule has 3 heteroatoms. The zero-order chi connectivity index (χ0) is 9.10. The van der Waals surface area contributed by atoms with E-state index in [1.807, 2.05) is 6.07 Å². The van der Waals surface area contributed by atoms with Crippen LogP contribution < -0.4 is 0 Å². The summed E-state index contributed by atoms with van der Waals surface area (Å²) in [5.41, 5.74) is 0.798. The van der Waals surface area contributed by atoms with Crippen LogP contribution in [0.3, 0.4) is 0 Å². The maximum absolute atomic E-state index is 11.8. The lowest BCUT2D eigenvalue weighted by molar-refractivity contribution is 0.0545. The Morgan fingerprint density at radius 2 is 2.23 bits per heavy atom. The first-order chi connectivity index (χ1) is 6.38. The topological polar surface area (TPSA) is 42.1 Å². The fourth-order valence-electron chi connectivity index (χ4n) is 1.67. The second kappa shape index (κ2) is 3.75. The van der Waals surface area contributed by atoms with E-state index in [2.05, 4.69) is 4.98 Å². The van der Waals surface area contributed by atoms with Gasteiger partial charge in [0, 0.05) is 37.1 Å². The summed E-state index contributed by atoms with van der Waals surface area (Å²) >= 11 is 0. The molecule has 0 unspecified atom stereocenters. The van der Waals surface area contributed by atoms with Gasteiger partial charge >= 0.3 is 0 Å². The molecule has 1 aliphatic rings. The number of ketones is 1. The molecule has 1 fully saturated rings. The lowest BCUT2D eigenvalue weighted by atomic mass is 9.92. The molecule has 1 aromatic heterocycles. The van der Waals surface area contributed by atoms with Crippen molar-refractivity contribution in [2.45, 2.75) is 12.8 Å². The van der Waals surface area contributed by atoms with Crippen LogP contribution in [0.25, 0.3) is 0 Å². The van der Waals surface area contributed by atoms with Crippen molar-refractivity contribution < 1.29 is 9.53 Å². The van der Waals surface area contributed by atoms with Crippen LogP contribution >= 0.6 is 0 Å². The second-order valence-electron chi connectivity index (χ2n) is 3.35. The Morgan fingerprint density at radius 1 is 1.46 bits per heavy atom. The van der Waals surface area contributed by atoms with Gasteiger partial charge in [0.1, 0.15) is 0 Å². The number of carbonyl (C=O) groups is 1. The van der Waals surface area contributed by atoms with Crippen LogP contribution in [0.1, 0.15) is 23.2 Å². The highest BCUT2D eigenvalue weighted by atomic mass is 16.5. The van der Waals surface area contributed by atoms with Crippen LogP contribution in [0.5, 0.6) is 0 Å². The molecule has 0 spiro atoms. The number of ether oxygens (including phenoxy) is 1. The molecule has 0 aromatic carbocycles. The number of hydrogen-bond donors (Lipinski definition) is 1. The zero-order valence-electron chi connectivity index (χ0n) is 7.45.